The fourth-order valence-corrected chi connectivity index (χ4v) is 3.71. The summed E-state index contributed by atoms with van der Waals surface area (Å²) in [4.78, 5) is 26.1. The Kier molecular flexibility index (Phi) is 7.37. The van der Waals surface area contributed by atoms with Crippen LogP contribution in [0.25, 0.3) is 5.69 Å². The van der Waals surface area contributed by atoms with Crippen molar-refractivity contribution < 1.29 is 23.8 Å². The number of benzene rings is 2. The number of methoxy groups -OCH3 is 3. The van der Waals surface area contributed by atoms with Crippen LogP contribution in [0.3, 0.4) is 0 Å². The van der Waals surface area contributed by atoms with Gasteiger partial charge in [0.05, 0.1) is 32.7 Å². The van der Waals surface area contributed by atoms with Gasteiger partial charge in [0.25, 0.3) is 5.91 Å². The summed E-state index contributed by atoms with van der Waals surface area (Å²) >= 11 is 0. The van der Waals surface area contributed by atoms with Gasteiger partial charge in [-0.05, 0) is 62.2 Å². The molecular formula is C25H29N3O5. The first-order chi connectivity index (χ1) is 15.8. The van der Waals surface area contributed by atoms with Crippen LogP contribution in [-0.2, 0) is 16.0 Å². The summed E-state index contributed by atoms with van der Waals surface area (Å²) in [7, 11) is 6.23. The Labute approximate surface area is 193 Å². The Balaban J connectivity index is 1.80. The molecule has 0 N–H and O–H groups in total. The number of aryl methyl sites for hydroxylation is 1. The summed E-state index contributed by atoms with van der Waals surface area (Å²) in [6.45, 7) is 3.89. The fourth-order valence-electron chi connectivity index (χ4n) is 3.71. The van der Waals surface area contributed by atoms with Crippen LogP contribution in [0.2, 0.25) is 0 Å². The van der Waals surface area contributed by atoms with Crippen molar-refractivity contribution in [2.45, 2.75) is 26.7 Å². The van der Waals surface area contributed by atoms with Gasteiger partial charge in [0, 0.05) is 36.5 Å². The molecule has 0 aliphatic heterocycles. The van der Waals surface area contributed by atoms with E-state index in [1.54, 1.807) is 56.5 Å². The number of anilines is 1. The molecular weight excluding hydrogens is 422 g/mol. The van der Waals surface area contributed by atoms with Crippen molar-refractivity contribution in [2.75, 3.05) is 33.3 Å². The maximum atomic E-state index is 13.0. The van der Waals surface area contributed by atoms with Crippen LogP contribution in [0.15, 0.2) is 42.5 Å². The second-order valence-corrected chi connectivity index (χ2v) is 7.59. The quantitative estimate of drug-likeness (QED) is 0.483. The first kappa shape index (κ1) is 23.8. The van der Waals surface area contributed by atoms with Crippen LogP contribution >= 0.6 is 0 Å². The number of nitrogens with zero attached hydrogens (tertiary/aromatic N) is 3. The van der Waals surface area contributed by atoms with Crippen molar-refractivity contribution in [3.05, 3.63) is 65.0 Å². The molecule has 0 saturated heterocycles. The molecule has 0 aliphatic carbocycles. The number of esters is 1. The molecule has 0 saturated carbocycles. The molecule has 8 heteroatoms. The van der Waals surface area contributed by atoms with Crippen LogP contribution in [0.5, 0.6) is 11.5 Å². The molecule has 0 fully saturated rings. The van der Waals surface area contributed by atoms with Gasteiger partial charge in [-0.2, -0.15) is 5.10 Å². The third-order valence-electron chi connectivity index (χ3n) is 5.67. The highest BCUT2D eigenvalue weighted by molar-refractivity contribution is 6.06. The van der Waals surface area contributed by atoms with Gasteiger partial charge >= 0.3 is 5.97 Å². The van der Waals surface area contributed by atoms with Gasteiger partial charge in [-0.25, -0.2) is 4.68 Å². The van der Waals surface area contributed by atoms with Crippen molar-refractivity contribution in [1.82, 2.24) is 9.78 Å². The number of aromatic nitrogens is 2. The number of amides is 1. The van der Waals surface area contributed by atoms with Gasteiger partial charge in [-0.1, -0.05) is 0 Å². The molecule has 174 valence electrons. The molecule has 3 rings (SSSR count). The smallest absolute Gasteiger partial charge is 0.305 e. The number of ether oxygens (including phenoxy) is 3. The second-order valence-electron chi connectivity index (χ2n) is 7.59. The van der Waals surface area contributed by atoms with Crippen molar-refractivity contribution in [2.24, 2.45) is 0 Å². The van der Waals surface area contributed by atoms with E-state index in [-0.39, 0.29) is 11.9 Å². The van der Waals surface area contributed by atoms with Crippen LogP contribution in [0, 0.1) is 13.8 Å². The van der Waals surface area contributed by atoms with E-state index in [4.69, 9.17) is 14.2 Å². The Morgan fingerprint density at radius 3 is 2.24 bits per heavy atom. The predicted molar refractivity (Wildman–Crippen MR) is 126 cm³/mol. The minimum absolute atomic E-state index is 0.152. The average molecular weight is 452 g/mol. The van der Waals surface area contributed by atoms with E-state index in [1.165, 1.54) is 7.11 Å². The molecule has 33 heavy (non-hydrogen) atoms. The van der Waals surface area contributed by atoms with Crippen molar-refractivity contribution in [3.8, 4) is 17.2 Å². The van der Waals surface area contributed by atoms with Crippen molar-refractivity contribution in [3.63, 3.8) is 0 Å². The number of rotatable bonds is 8. The monoisotopic (exact) mass is 451 g/mol. The van der Waals surface area contributed by atoms with Gasteiger partial charge in [0.1, 0.15) is 0 Å². The van der Waals surface area contributed by atoms with Crippen LogP contribution in [0.1, 0.15) is 33.7 Å². The summed E-state index contributed by atoms with van der Waals surface area (Å²) in [5.41, 5.74) is 4.92. The number of carbonyl (C=O) groups is 2. The predicted octanol–water partition coefficient (Wildman–Crippen LogP) is 3.89. The van der Waals surface area contributed by atoms with E-state index in [1.807, 2.05) is 30.7 Å². The lowest BCUT2D eigenvalue weighted by atomic mass is 10.1. The third-order valence-corrected chi connectivity index (χ3v) is 5.67. The lowest BCUT2D eigenvalue weighted by molar-refractivity contribution is -0.140. The van der Waals surface area contributed by atoms with Crippen LogP contribution in [-0.4, -0.2) is 50.0 Å². The van der Waals surface area contributed by atoms with Crippen LogP contribution in [0.4, 0.5) is 5.69 Å². The molecule has 8 nitrogen and oxygen atoms in total. The fraction of sp³-hybridized carbons (Fsp3) is 0.320. The molecule has 1 aromatic heterocycles. The lowest BCUT2D eigenvalue weighted by Crippen LogP contribution is -2.26. The van der Waals surface area contributed by atoms with Gasteiger partial charge in [0.15, 0.2) is 11.5 Å². The minimum atomic E-state index is -0.247. The number of hydrogen-bond acceptors (Lipinski definition) is 6. The Hall–Kier alpha value is -3.81. The van der Waals surface area contributed by atoms with Gasteiger partial charge in [-0.15, -0.1) is 0 Å². The summed E-state index contributed by atoms with van der Waals surface area (Å²) in [6.07, 6.45) is 0.872. The topological polar surface area (TPSA) is 82.9 Å². The zero-order valence-electron chi connectivity index (χ0n) is 19.8. The molecule has 1 heterocycles. The molecule has 0 radical (unpaired) electrons. The summed E-state index contributed by atoms with van der Waals surface area (Å²) < 4.78 is 17.2. The minimum Gasteiger partial charge on any atom is -0.493 e. The maximum Gasteiger partial charge on any atom is 0.305 e. The maximum absolute atomic E-state index is 13.0. The highest BCUT2D eigenvalue weighted by Gasteiger charge is 2.18. The molecule has 1 amide bonds. The second kappa shape index (κ2) is 10.2. The van der Waals surface area contributed by atoms with E-state index in [2.05, 4.69) is 5.10 Å². The van der Waals surface area contributed by atoms with E-state index >= 15 is 0 Å². The SMILES string of the molecule is COC(=O)CCc1c(C)nn(-c2ccc(C(=O)N(C)c3ccc(OC)c(OC)c3)cc2)c1C. The molecule has 0 aliphatic rings. The van der Waals surface area contributed by atoms with Crippen molar-refractivity contribution in [1.29, 1.82) is 0 Å². The third kappa shape index (κ3) is 5.00. The highest BCUT2D eigenvalue weighted by atomic mass is 16.5. The molecule has 0 atom stereocenters. The average Bonchev–Trinajstić information content (AvgIpc) is 3.13. The first-order valence-electron chi connectivity index (χ1n) is 10.5. The Bertz CT molecular complexity index is 1150. The molecule has 0 bridgehead atoms. The molecule has 3 aromatic rings. The first-order valence-corrected chi connectivity index (χ1v) is 10.5. The van der Waals surface area contributed by atoms with E-state index in [0.29, 0.717) is 35.6 Å². The summed E-state index contributed by atoms with van der Waals surface area (Å²) in [5.74, 6) is 0.753. The zero-order valence-corrected chi connectivity index (χ0v) is 19.8. The van der Waals surface area contributed by atoms with Gasteiger partial charge in [-0.3, -0.25) is 9.59 Å². The van der Waals surface area contributed by atoms with E-state index in [0.717, 1.165) is 22.6 Å². The largest absolute Gasteiger partial charge is 0.493 e. The normalized spacial score (nSPS) is 10.6. The Morgan fingerprint density at radius 2 is 1.64 bits per heavy atom. The molecule has 2 aromatic carbocycles. The van der Waals surface area contributed by atoms with Crippen LogP contribution < -0.4 is 14.4 Å². The summed E-state index contributed by atoms with van der Waals surface area (Å²) in [6, 6.07) is 12.6. The lowest BCUT2D eigenvalue weighted by Gasteiger charge is -2.19. The zero-order chi connectivity index (χ0) is 24.1. The molecule has 0 spiro atoms. The van der Waals surface area contributed by atoms with E-state index < -0.39 is 0 Å². The molecule has 0 unspecified atom stereocenters. The standard InChI is InChI=1S/C25H29N3O5/c1-16-21(12-14-24(29)33-6)17(2)28(26-16)19-9-7-18(8-10-19)25(30)27(3)20-11-13-22(31-4)23(15-20)32-5/h7-11,13,15H,12,14H2,1-6H3. The van der Waals surface area contributed by atoms with Crippen molar-refractivity contribution >= 4 is 17.6 Å². The van der Waals surface area contributed by atoms with E-state index in [9.17, 15) is 9.59 Å². The van der Waals surface area contributed by atoms with Gasteiger partial charge in [0.2, 0.25) is 0 Å². The number of hydrogen-bond donors (Lipinski definition) is 0. The summed E-state index contributed by atoms with van der Waals surface area (Å²) in [5, 5.41) is 4.62. The Morgan fingerprint density at radius 1 is 0.970 bits per heavy atom. The van der Waals surface area contributed by atoms with Gasteiger partial charge < -0.3 is 19.1 Å². The number of carbonyl (C=O) groups excluding carboxylic acids is 2. The highest BCUT2D eigenvalue weighted by Crippen LogP contribution is 2.31.